The largest absolute Gasteiger partial charge is 0.464 e. The van der Waals surface area contributed by atoms with Crippen molar-refractivity contribution in [3.05, 3.63) is 0 Å². The van der Waals surface area contributed by atoms with Crippen LogP contribution in [0.15, 0.2) is 0 Å². The van der Waals surface area contributed by atoms with E-state index in [0.717, 1.165) is 58.3 Å². The second-order valence-electron chi connectivity index (χ2n) is 18.1. The Hall–Kier alpha value is -3.18. The molecule has 0 aliphatic carbocycles. The lowest BCUT2D eigenvalue weighted by atomic mass is 9.97. The first-order valence-electron chi connectivity index (χ1n) is 25.9. The van der Waals surface area contributed by atoms with E-state index < -0.39 is 72.8 Å². The summed E-state index contributed by atoms with van der Waals surface area (Å²) in [6, 6.07) is -1.20. The average Bonchev–Trinajstić information content (AvgIpc) is 3.23. The highest BCUT2D eigenvalue weighted by Crippen LogP contribution is 2.22. The normalized spacial score (nSPS) is 13.5. The Morgan fingerprint density at radius 3 is 0.969 bits per heavy atom. The molecule has 0 fully saturated rings. The van der Waals surface area contributed by atoms with Gasteiger partial charge in [0.05, 0.1) is 0 Å². The van der Waals surface area contributed by atoms with Gasteiger partial charge < -0.3 is 29.0 Å². The molecule has 0 spiro atoms. The van der Waals surface area contributed by atoms with E-state index in [4.69, 9.17) is 23.7 Å². The Balaban J connectivity index is 5.44. The maximum atomic E-state index is 14.1. The zero-order valence-corrected chi connectivity index (χ0v) is 41.9. The zero-order chi connectivity index (χ0) is 47.6. The highest BCUT2D eigenvalue weighted by molar-refractivity contribution is 5.85. The summed E-state index contributed by atoms with van der Waals surface area (Å²) in [7, 11) is 0. The molecule has 64 heavy (non-hydrogen) atoms. The summed E-state index contributed by atoms with van der Waals surface area (Å²) in [5.41, 5.74) is 0. The molecule has 0 saturated carbocycles. The molecule has 0 aliphatic heterocycles. The topological polar surface area (TPSA) is 161 Å². The molecule has 1 N–H and O–H groups in total. The molecule has 0 aromatic heterocycles. The number of rotatable bonds is 44. The van der Waals surface area contributed by atoms with Crippen molar-refractivity contribution in [2.45, 2.75) is 291 Å². The average molecular weight is 910 g/mol. The van der Waals surface area contributed by atoms with Crippen LogP contribution in [0.5, 0.6) is 0 Å². The number of nitrogens with one attached hydrogen (secondary N) is 1. The monoisotopic (exact) mass is 910 g/mol. The molecule has 1 amide bonds. The van der Waals surface area contributed by atoms with E-state index in [1.165, 1.54) is 163 Å². The highest BCUT2D eigenvalue weighted by atomic mass is 16.6. The third kappa shape index (κ3) is 37.1. The third-order valence-electron chi connectivity index (χ3n) is 11.8. The number of unbranched alkanes of at least 4 members (excludes halogenated alkanes) is 29. The maximum Gasteiger partial charge on any atom is 0.303 e. The van der Waals surface area contributed by atoms with Crippen molar-refractivity contribution in [2.24, 2.45) is 0 Å². The van der Waals surface area contributed by atoms with E-state index >= 15 is 0 Å². The van der Waals surface area contributed by atoms with Gasteiger partial charge >= 0.3 is 29.8 Å². The molecule has 0 heterocycles. The van der Waals surface area contributed by atoms with Gasteiger partial charge in [-0.1, -0.05) is 200 Å². The van der Waals surface area contributed by atoms with Gasteiger partial charge in [-0.2, -0.15) is 0 Å². The van der Waals surface area contributed by atoms with E-state index in [2.05, 4.69) is 19.2 Å². The molecule has 374 valence electrons. The standard InChI is InChI=1S/C52H95NO11/c1-8-10-12-14-16-18-20-22-24-26-28-29-31-33-35-37-39-48(61-43(4)55)50(63-45(6)57)47(41-60-42(3)54)53-52(59)51(64-46(7)58)49(62-44(5)56)40-38-36-34-32-30-27-25-23-21-19-17-15-13-11-9-2/h47-51H,8-41H2,1-7H3,(H,53,59)/t47-,48+,49+,50-,51+/m0/s1. The summed E-state index contributed by atoms with van der Waals surface area (Å²) in [6.07, 6.45) is 32.7. The van der Waals surface area contributed by atoms with E-state index in [0.29, 0.717) is 19.3 Å². The summed E-state index contributed by atoms with van der Waals surface area (Å²) >= 11 is 0. The summed E-state index contributed by atoms with van der Waals surface area (Å²) in [5, 5.41) is 2.75. The number of hydrogen-bond donors (Lipinski definition) is 1. The van der Waals surface area contributed by atoms with Crippen molar-refractivity contribution in [3.63, 3.8) is 0 Å². The van der Waals surface area contributed by atoms with Crippen molar-refractivity contribution in [1.29, 1.82) is 0 Å². The quantitative estimate of drug-likeness (QED) is 0.0352. The van der Waals surface area contributed by atoms with Crippen LogP contribution < -0.4 is 5.32 Å². The molecule has 0 rings (SSSR count). The van der Waals surface area contributed by atoms with Gasteiger partial charge in [0.1, 0.15) is 24.9 Å². The highest BCUT2D eigenvalue weighted by Gasteiger charge is 2.40. The van der Waals surface area contributed by atoms with Gasteiger partial charge in [0.25, 0.3) is 5.91 Å². The van der Waals surface area contributed by atoms with Gasteiger partial charge in [-0.15, -0.1) is 0 Å². The second-order valence-corrected chi connectivity index (χ2v) is 18.1. The van der Waals surface area contributed by atoms with Crippen LogP contribution in [0.2, 0.25) is 0 Å². The fraction of sp³-hybridized carbons (Fsp3) is 0.885. The minimum absolute atomic E-state index is 0.264. The summed E-state index contributed by atoms with van der Waals surface area (Å²) < 4.78 is 27.8. The third-order valence-corrected chi connectivity index (χ3v) is 11.8. The smallest absolute Gasteiger partial charge is 0.303 e. The predicted octanol–water partition coefficient (Wildman–Crippen LogP) is 12.7. The molecule has 12 heteroatoms. The molecule has 0 radical (unpaired) electrons. The van der Waals surface area contributed by atoms with Gasteiger partial charge in [-0.3, -0.25) is 28.8 Å². The van der Waals surface area contributed by atoms with E-state index in [1.807, 2.05) is 0 Å². The molecule has 0 aromatic rings. The van der Waals surface area contributed by atoms with Gasteiger partial charge in [0.15, 0.2) is 6.10 Å². The molecule has 0 unspecified atom stereocenters. The Bertz CT molecular complexity index is 1210. The molecule has 0 aromatic carbocycles. The van der Waals surface area contributed by atoms with Crippen molar-refractivity contribution in [1.82, 2.24) is 5.32 Å². The molecule has 0 saturated heterocycles. The van der Waals surface area contributed by atoms with Gasteiger partial charge in [-0.05, 0) is 25.7 Å². The molecular formula is C52H95NO11. The number of ether oxygens (including phenoxy) is 5. The van der Waals surface area contributed by atoms with Crippen molar-refractivity contribution in [3.8, 4) is 0 Å². The first-order valence-corrected chi connectivity index (χ1v) is 25.9. The molecule has 0 aliphatic rings. The summed E-state index contributed by atoms with van der Waals surface area (Å²) in [5.74, 6) is -4.18. The van der Waals surface area contributed by atoms with Crippen LogP contribution in [0.25, 0.3) is 0 Å². The number of carbonyl (C=O) groups is 6. The lowest BCUT2D eigenvalue weighted by Crippen LogP contribution is -2.57. The maximum absolute atomic E-state index is 14.1. The van der Waals surface area contributed by atoms with Crippen LogP contribution in [0, 0.1) is 0 Å². The number of amides is 1. The van der Waals surface area contributed by atoms with Crippen LogP contribution >= 0.6 is 0 Å². The second kappa shape index (κ2) is 42.5. The summed E-state index contributed by atoms with van der Waals surface area (Å²) in [4.78, 5) is 75.7. The van der Waals surface area contributed by atoms with Gasteiger partial charge in [-0.25, -0.2) is 0 Å². The number of hydrogen-bond acceptors (Lipinski definition) is 11. The van der Waals surface area contributed by atoms with Crippen LogP contribution in [0.1, 0.15) is 260 Å². The fourth-order valence-electron chi connectivity index (χ4n) is 8.38. The lowest BCUT2D eigenvalue weighted by molar-refractivity contribution is -0.176. The number of esters is 5. The van der Waals surface area contributed by atoms with Crippen molar-refractivity contribution >= 4 is 35.8 Å². The Morgan fingerprint density at radius 1 is 0.359 bits per heavy atom. The Kier molecular flexibility index (Phi) is 40.3. The molecule has 0 bridgehead atoms. The predicted molar refractivity (Wildman–Crippen MR) is 254 cm³/mol. The molecule has 5 atom stereocenters. The minimum Gasteiger partial charge on any atom is -0.464 e. The fourth-order valence-corrected chi connectivity index (χ4v) is 8.38. The van der Waals surface area contributed by atoms with Gasteiger partial charge in [0, 0.05) is 34.6 Å². The SMILES string of the molecule is CCCCCCCCCCCCCCCCCC[C@@H](OC(C)=O)[C@@H](OC(C)=O)[C@H](COC(C)=O)NC(=O)[C@H](OC(C)=O)[C@@H](CCCCCCCCCCCCCCCCC)OC(C)=O. The molecule has 12 nitrogen and oxygen atoms in total. The van der Waals surface area contributed by atoms with Crippen LogP contribution in [0.4, 0.5) is 0 Å². The molecular weight excluding hydrogens is 815 g/mol. The number of carbonyl (C=O) groups excluding carboxylic acids is 6. The first-order chi connectivity index (χ1) is 30.8. The van der Waals surface area contributed by atoms with Crippen molar-refractivity contribution < 1.29 is 52.5 Å². The Morgan fingerprint density at radius 2 is 0.656 bits per heavy atom. The Labute approximate surface area is 389 Å². The van der Waals surface area contributed by atoms with E-state index in [1.54, 1.807) is 0 Å². The van der Waals surface area contributed by atoms with Gasteiger partial charge in [0.2, 0.25) is 6.10 Å². The summed E-state index contributed by atoms with van der Waals surface area (Å²) in [6.45, 7) is 10.1. The minimum atomic E-state index is -1.54. The van der Waals surface area contributed by atoms with Crippen LogP contribution in [0.3, 0.4) is 0 Å². The lowest BCUT2D eigenvalue weighted by Gasteiger charge is -2.34. The van der Waals surface area contributed by atoms with E-state index in [9.17, 15) is 28.8 Å². The van der Waals surface area contributed by atoms with Crippen LogP contribution in [-0.2, 0) is 52.5 Å². The van der Waals surface area contributed by atoms with E-state index in [-0.39, 0.29) is 6.42 Å². The van der Waals surface area contributed by atoms with Crippen LogP contribution in [-0.4, -0.2) is 72.8 Å². The first kappa shape index (κ1) is 60.8. The van der Waals surface area contributed by atoms with Crippen molar-refractivity contribution in [2.75, 3.05) is 6.61 Å². The zero-order valence-electron chi connectivity index (χ0n) is 41.9.